The highest BCUT2D eigenvalue weighted by Crippen LogP contribution is 2.26. The maximum atomic E-state index is 12.5. The highest BCUT2D eigenvalue weighted by Gasteiger charge is 2.23. The van der Waals surface area contributed by atoms with E-state index in [4.69, 9.17) is 11.6 Å². The molecule has 0 spiro atoms. The number of hydrogen-bond donors (Lipinski definition) is 2. The number of halogens is 1. The average molecular weight is 380 g/mol. The minimum Gasteiger partial charge on any atom is -0.339 e. The second kappa shape index (κ2) is 9.38. The van der Waals surface area contributed by atoms with Gasteiger partial charge in [-0.1, -0.05) is 18.5 Å². The monoisotopic (exact) mass is 379 g/mol. The lowest BCUT2D eigenvalue weighted by Crippen LogP contribution is -2.34. The largest absolute Gasteiger partial charge is 0.339 e. The first-order valence-electron chi connectivity index (χ1n) is 9.37. The molecule has 1 aromatic rings. The fourth-order valence-electron chi connectivity index (χ4n) is 3.22. The van der Waals surface area contributed by atoms with Crippen LogP contribution in [0.2, 0.25) is 5.02 Å². The zero-order valence-corrected chi connectivity index (χ0v) is 16.9. The molecule has 2 unspecified atom stereocenters. The van der Waals surface area contributed by atoms with E-state index >= 15 is 0 Å². The molecule has 144 valence electrons. The topological polar surface area (TPSA) is 61.4 Å². The third-order valence-corrected chi connectivity index (χ3v) is 5.56. The van der Waals surface area contributed by atoms with E-state index in [2.05, 4.69) is 17.6 Å². The molecule has 0 radical (unpaired) electrons. The third-order valence-electron chi connectivity index (χ3n) is 5.23. The van der Waals surface area contributed by atoms with Gasteiger partial charge >= 0.3 is 0 Å². The minimum atomic E-state index is -0.0891. The van der Waals surface area contributed by atoms with Gasteiger partial charge in [-0.25, -0.2) is 0 Å². The molecule has 2 rings (SSSR count). The normalized spacial score (nSPS) is 18.5. The third kappa shape index (κ3) is 5.45. The molecule has 0 aromatic heterocycles. The Hall–Kier alpha value is -1.59. The van der Waals surface area contributed by atoms with Crippen molar-refractivity contribution in [2.75, 3.05) is 25.5 Å². The zero-order chi connectivity index (χ0) is 19.3. The Morgan fingerprint density at radius 1 is 1.35 bits per heavy atom. The number of carbonyl (C=O) groups is 2. The maximum Gasteiger partial charge on any atom is 0.253 e. The van der Waals surface area contributed by atoms with E-state index in [-0.39, 0.29) is 17.9 Å². The van der Waals surface area contributed by atoms with Crippen molar-refractivity contribution in [3.05, 3.63) is 28.8 Å². The highest BCUT2D eigenvalue weighted by molar-refractivity contribution is 6.33. The Morgan fingerprint density at radius 3 is 2.69 bits per heavy atom. The molecule has 6 heteroatoms. The van der Waals surface area contributed by atoms with E-state index in [0.717, 1.165) is 25.9 Å². The minimum absolute atomic E-state index is 0.0632. The van der Waals surface area contributed by atoms with Crippen LogP contribution in [-0.2, 0) is 4.79 Å². The lowest BCUT2D eigenvalue weighted by molar-refractivity contribution is -0.117. The number of rotatable bonds is 6. The number of nitrogens with zero attached hydrogens (tertiary/aromatic N) is 1. The van der Waals surface area contributed by atoms with Crippen LogP contribution in [0.25, 0.3) is 0 Å². The fourth-order valence-corrected chi connectivity index (χ4v) is 3.38. The lowest BCUT2D eigenvalue weighted by atomic mass is 9.85. The summed E-state index contributed by atoms with van der Waals surface area (Å²) in [5, 5.41) is 6.71. The Bertz CT molecular complexity index is 642. The van der Waals surface area contributed by atoms with Gasteiger partial charge in [0.1, 0.15) is 0 Å². The van der Waals surface area contributed by atoms with Gasteiger partial charge in [0.15, 0.2) is 0 Å². The lowest BCUT2D eigenvalue weighted by Gasteiger charge is -2.28. The first kappa shape index (κ1) is 20.7. The summed E-state index contributed by atoms with van der Waals surface area (Å²) in [6, 6.07) is 5.11. The molecule has 1 aliphatic heterocycles. The van der Waals surface area contributed by atoms with Crippen molar-refractivity contribution >= 4 is 29.1 Å². The quantitative estimate of drug-likeness (QED) is 0.790. The van der Waals surface area contributed by atoms with Crippen molar-refractivity contribution < 1.29 is 9.59 Å². The summed E-state index contributed by atoms with van der Waals surface area (Å²) < 4.78 is 0. The van der Waals surface area contributed by atoms with Crippen molar-refractivity contribution in [2.45, 2.75) is 46.1 Å². The molecule has 0 saturated carbocycles. The van der Waals surface area contributed by atoms with Crippen LogP contribution in [0.3, 0.4) is 0 Å². The Balaban J connectivity index is 2.02. The van der Waals surface area contributed by atoms with Crippen molar-refractivity contribution in [3.63, 3.8) is 0 Å². The van der Waals surface area contributed by atoms with E-state index in [1.807, 2.05) is 13.8 Å². The van der Waals surface area contributed by atoms with Crippen LogP contribution >= 0.6 is 11.6 Å². The predicted octanol–water partition coefficient (Wildman–Crippen LogP) is 3.78. The summed E-state index contributed by atoms with van der Waals surface area (Å²) in [5.41, 5.74) is 1.01. The van der Waals surface area contributed by atoms with E-state index in [1.165, 1.54) is 0 Å². The van der Waals surface area contributed by atoms with Crippen LogP contribution in [0.5, 0.6) is 0 Å². The van der Waals surface area contributed by atoms with Gasteiger partial charge in [-0.3, -0.25) is 9.59 Å². The standard InChI is InChI=1S/C20H30ClN3O2/c1-13(2)24(4)20(26)15-7-8-17(21)18(11-15)23-19(25)10-14(3)16-6-5-9-22-12-16/h7-8,11,13-14,16,22H,5-6,9-10,12H2,1-4H3,(H,23,25). The molecule has 1 saturated heterocycles. The van der Waals surface area contributed by atoms with Gasteiger partial charge in [0.25, 0.3) is 5.91 Å². The summed E-state index contributed by atoms with van der Waals surface area (Å²) in [4.78, 5) is 26.6. The molecule has 5 nitrogen and oxygen atoms in total. The molecule has 0 aliphatic carbocycles. The van der Waals surface area contributed by atoms with Crippen molar-refractivity contribution in [1.29, 1.82) is 0 Å². The number of benzene rings is 1. The van der Waals surface area contributed by atoms with Gasteiger partial charge in [-0.15, -0.1) is 0 Å². The first-order valence-corrected chi connectivity index (χ1v) is 9.74. The molecule has 26 heavy (non-hydrogen) atoms. The van der Waals surface area contributed by atoms with Crippen LogP contribution < -0.4 is 10.6 Å². The molecule has 2 N–H and O–H groups in total. The number of anilines is 1. The molecule has 2 amide bonds. The van der Waals surface area contributed by atoms with Crippen molar-refractivity contribution in [2.24, 2.45) is 11.8 Å². The van der Waals surface area contributed by atoms with E-state index in [9.17, 15) is 9.59 Å². The summed E-state index contributed by atoms with van der Waals surface area (Å²) >= 11 is 6.22. The molecule has 2 atom stereocenters. The summed E-state index contributed by atoms with van der Waals surface area (Å²) in [5.74, 6) is 0.677. The van der Waals surface area contributed by atoms with E-state index < -0.39 is 0 Å². The number of nitrogens with one attached hydrogen (secondary N) is 2. The van der Waals surface area contributed by atoms with E-state index in [1.54, 1.807) is 30.1 Å². The van der Waals surface area contributed by atoms with Crippen LogP contribution in [-0.4, -0.2) is 42.9 Å². The summed E-state index contributed by atoms with van der Waals surface area (Å²) in [6.45, 7) is 8.07. The summed E-state index contributed by atoms with van der Waals surface area (Å²) in [7, 11) is 1.76. The molecular formula is C20H30ClN3O2. The van der Waals surface area contributed by atoms with Crippen LogP contribution in [0, 0.1) is 11.8 Å². The van der Waals surface area contributed by atoms with Crippen molar-refractivity contribution in [3.8, 4) is 0 Å². The van der Waals surface area contributed by atoms with Crippen LogP contribution in [0.1, 0.15) is 50.4 Å². The molecule has 1 fully saturated rings. The maximum absolute atomic E-state index is 12.5. The van der Waals surface area contributed by atoms with Gasteiger partial charge in [-0.05, 0) is 69.8 Å². The highest BCUT2D eigenvalue weighted by atomic mass is 35.5. The number of carbonyl (C=O) groups excluding carboxylic acids is 2. The first-order chi connectivity index (χ1) is 12.3. The molecule has 1 heterocycles. The Morgan fingerprint density at radius 2 is 2.08 bits per heavy atom. The predicted molar refractivity (Wildman–Crippen MR) is 107 cm³/mol. The molecule has 0 bridgehead atoms. The smallest absolute Gasteiger partial charge is 0.253 e. The SMILES string of the molecule is CC(CC(=O)Nc1cc(C(=O)N(C)C(C)C)ccc1Cl)C1CCCNC1. The molecule has 1 aliphatic rings. The second-order valence-electron chi connectivity index (χ2n) is 7.54. The number of hydrogen-bond acceptors (Lipinski definition) is 3. The van der Waals surface area contributed by atoms with E-state index in [0.29, 0.717) is 34.5 Å². The Labute approximate surface area is 161 Å². The second-order valence-corrected chi connectivity index (χ2v) is 7.95. The Kier molecular flexibility index (Phi) is 7.47. The number of piperidine rings is 1. The van der Waals surface area contributed by atoms with Gasteiger partial charge < -0.3 is 15.5 Å². The van der Waals surface area contributed by atoms with Gasteiger partial charge in [0.05, 0.1) is 10.7 Å². The van der Waals surface area contributed by atoms with Crippen molar-refractivity contribution in [1.82, 2.24) is 10.2 Å². The number of amides is 2. The van der Waals surface area contributed by atoms with Crippen LogP contribution in [0.15, 0.2) is 18.2 Å². The molecule has 1 aromatic carbocycles. The average Bonchev–Trinajstić information content (AvgIpc) is 2.62. The van der Waals surface area contributed by atoms with Gasteiger partial charge in [-0.2, -0.15) is 0 Å². The van der Waals surface area contributed by atoms with Gasteiger partial charge in [0, 0.05) is 25.1 Å². The zero-order valence-electron chi connectivity index (χ0n) is 16.1. The van der Waals surface area contributed by atoms with Gasteiger partial charge in [0.2, 0.25) is 5.91 Å². The van der Waals surface area contributed by atoms with Crippen LogP contribution in [0.4, 0.5) is 5.69 Å². The summed E-state index contributed by atoms with van der Waals surface area (Å²) in [6.07, 6.45) is 2.77. The molecular weight excluding hydrogens is 350 g/mol. The fraction of sp³-hybridized carbons (Fsp3) is 0.600.